The summed E-state index contributed by atoms with van der Waals surface area (Å²) in [5.41, 5.74) is 1.40. The van der Waals surface area contributed by atoms with Crippen LogP contribution < -0.4 is 10.0 Å². The Hall–Kier alpha value is -2.01. The third-order valence-corrected chi connectivity index (χ3v) is 5.48. The summed E-state index contributed by atoms with van der Waals surface area (Å²) in [6, 6.07) is 15.6. The van der Waals surface area contributed by atoms with E-state index in [1.54, 1.807) is 18.2 Å². The molecule has 1 heterocycles. The van der Waals surface area contributed by atoms with Crippen LogP contribution in [0.2, 0.25) is 0 Å². The summed E-state index contributed by atoms with van der Waals surface area (Å²) in [4.78, 5) is 12.1. The van der Waals surface area contributed by atoms with Gasteiger partial charge >= 0.3 is 0 Å². The average molecular weight is 328 g/mol. The molecule has 0 spiro atoms. The van der Waals surface area contributed by atoms with Crippen molar-refractivity contribution in [3.8, 4) is 0 Å². The summed E-state index contributed by atoms with van der Waals surface area (Å²) < 4.78 is 0.787. The number of hydrogen-bond acceptors (Lipinski definition) is 3. The second kappa shape index (κ2) is 7.04. The monoisotopic (exact) mass is 328 g/mol. The van der Waals surface area contributed by atoms with Crippen LogP contribution in [0.25, 0.3) is 0 Å². The zero-order valence-corrected chi connectivity index (χ0v) is 13.7. The molecule has 2 aromatic rings. The first-order valence-corrected chi connectivity index (χ1v) is 8.81. The zero-order chi connectivity index (χ0) is 16.1. The molecule has 0 unspecified atom stereocenters. The fourth-order valence-electron chi connectivity index (χ4n) is 2.95. The molecule has 1 aromatic carbocycles. The van der Waals surface area contributed by atoms with Crippen molar-refractivity contribution in [1.29, 1.82) is 0 Å². The van der Waals surface area contributed by atoms with E-state index >= 15 is 0 Å². The maximum atomic E-state index is 12.1. The fraction of sp³-hybridized carbons (Fsp3) is 0.333. The highest BCUT2D eigenvalue weighted by atomic mass is 32.2. The fourth-order valence-corrected chi connectivity index (χ4v) is 3.69. The first-order chi connectivity index (χ1) is 11.2. The predicted molar refractivity (Wildman–Crippen MR) is 91.1 cm³/mol. The van der Waals surface area contributed by atoms with Crippen molar-refractivity contribution < 1.29 is 9.52 Å². The Bertz CT molecular complexity index is 672. The minimum Gasteiger partial charge on any atom is -0.618 e. The molecule has 1 fully saturated rings. The van der Waals surface area contributed by atoms with Crippen molar-refractivity contribution in [2.75, 3.05) is 12.3 Å². The van der Waals surface area contributed by atoms with Gasteiger partial charge in [-0.2, -0.15) is 4.73 Å². The summed E-state index contributed by atoms with van der Waals surface area (Å²) >= 11 is 1.27. The molecule has 0 atom stereocenters. The summed E-state index contributed by atoms with van der Waals surface area (Å²) in [7, 11) is 0. The van der Waals surface area contributed by atoms with E-state index in [4.69, 9.17) is 0 Å². The van der Waals surface area contributed by atoms with Crippen LogP contribution in [0.3, 0.4) is 0 Å². The van der Waals surface area contributed by atoms with E-state index in [1.807, 2.05) is 6.07 Å². The van der Waals surface area contributed by atoms with Crippen molar-refractivity contribution in [2.45, 2.75) is 29.7 Å². The molecule has 5 heteroatoms. The van der Waals surface area contributed by atoms with Crippen LogP contribution in [0, 0.1) is 5.21 Å². The number of thioether (sulfide) groups is 1. The van der Waals surface area contributed by atoms with E-state index in [0.29, 0.717) is 11.6 Å². The van der Waals surface area contributed by atoms with E-state index < -0.39 is 0 Å². The number of rotatable bonds is 6. The Kier molecular flexibility index (Phi) is 4.86. The third-order valence-electron chi connectivity index (χ3n) is 4.46. The molecule has 0 aliphatic heterocycles. The molecular weight excluding hydrogens is 308 g/mol. The van der Waals surface area contributed by atoms with Gasteiger partial charge in [-0.15, -0.1) is 0 Å². The molecule has 4 nitrogen and oxygen atoms in total. The number of carbonyl (C=O) groups is 1. The van der Waals surface area contributed by atoms with Gasteiger partial charge in [-0.25, -0.2) is 0 Å². The molecule has 1 aliphatic carbocycles. The summed E-state index contributed by atoms with van der Waals surface area (Å²) in [5.74, 6) is 0.234. The van der Waals surface area contributed by atoms with Crippen molar-refractivity contribution in [3.05, 3.63) is 65.5 Å². The van der Waals surface area contributed by atoms with E-state index in [1.165, 1.54) is 29.9 Å². The van der Waals surface area contributed by atoms with Gasteiger partial charge in [-0.05, 0) is 36.2 Å². The van der Waals surface area contributed by atoms with Crippen LogP contribution in [-0.2, 0) is 10.2 Å². The van der Waals surface area contributed by atoms with Crippen LogP contribution in [-0.4, -0.2) is 18.2 Å². The minimum absolute atomic E-state index is 0.0268. The predicted octanol–water partition coefficient (Wildman–Crippen LogP) is 2.65. The average Bonchev–Trinajstić information content (AvgIpc) is 2.54. The SMILES string of the molecule is O=C(CSc1cccc[n+]1[O-])NCC1(c2ccccc2)CCC1. The second-order valence-electron chi connectivity index (χ2n) is 5.93. The lowest BCUT2D eigenvalue weighted by atomic mass is 9.64. The van der Waals surface area contributed by atoms with Gasteiger partial charge in [0.05, 0.1) is 5.75 Å². The molecule has 120 valence electrons. The summed E-state index contributed by atoms with van der Waals surface area (Å²) in [5, 5.41) is 15.1. The lowest BCUT2D eigenvalue weighted by Gasteiger charge is -2.42. The Morgan fingerprint density at radius 2 is 1.91 bits per heavy atom. The van der Waals surface area contributed by atoms with Gasteiger partial charge in [0.1, 0.15) is 0 Å². The second-order valence-corrected chi connectivity index (χ2v) is 6.93. The van der Waals surface area contributed by atoms with E-state index in [2.05, 4.69) is 29.6 Å². The Labute approximate surface area is 140 Å². The van der Waals surface area contributed by atoms with Gasteiger partial charge in [0.25, 0.3) is 5.03 Å². The highest BCUT2D eigenvalue weighted by Gasteiger charge is 2.38. The van der Waals surface area contributed by atoms with Gasteiger partial charge in [-0.3, -0.25) is 4.79 Å². The number of hydrogen-bond donors (Lipinski definition) is 1. The Balaban J connectivity index is 1.53. The Morgan fingerprint density at radius 3 is 2.57 bits per heavy atom. The van der Waals surface area contributed by atoms with Crippen LogP contribution in [0.15, 0.2) is 59.8 Å². The first kappa shape index (κ1) is 15.9. The lowest BCUT2D eigenvalue weighted by Crippen LogP contribution is -2.46. The van der Waals surface area contributed by atoms with Gasteiger partial charge in [0.15, 0.2) is 6.20 Å². The topological polar surface area (TPSA) is 56.0 Å². The quantitative estimate of drug-likeness (QED) is 0.504. The van der Waals surface area contributed by atoms with Crippen molar-refractivity contribution in [1.82, 2.24) is 5.32 Å². The van der Waals surface area contributed by atoms with E-state index in [-0.39, 0.29) is 17.1 Å². The molecule has 1 aliphatic rings. The largest absolute Gasteiger partial charge is 0.618 e. The molecule has 3 rings (SSSR count). The van der Waals surface area contributed by atoms with E-state index in [0.717, 1.165) is 17.6 Å². The number of amides is 1. The van der Waals surface area contributed by atoms with Gasteiger partial charge < -0.3 is 10.5 Å². The molecule has 23 heavy (non-hydrogen) atoms. The molecule has 0 radical (unpaired) electrons. The molecule has 1 saturated carbocycles. The smallest absolute Gasteiger partial charge is 0.251 e. The number of nitrogens with one attached hydrogen (secondary N) is 1. The third kappa shape index (κ3) is 3.67. The normalized spacial score (nSPS) is 15.7. The van der Waals surface area contributed by atoms with Crippen LogP contribution >= 0.6 is 11.8 Å². The number of nitrogens with zero attached hydrogens (tertiary/aromatic N) is 1. The lowest BCUT2D eigenvalue weighted by molar-refractivity contribution is -0.645. The number of benzene rings is 1. The maximum Gasteiger partial charge on any atom is 0.251 e. The minimum atomic E-state index is -0.0268. The highest BCUT2D eigenvalue weighted by Crippen LogP contribution is 2.43. The van der Waals surface area contributed by atoms with Crippen LogP contribution in [0.1, 0.15) is 24.8 Å². The van der Waals surface area contributed by atoms with Gasteiger partial charge in [-0.1, -0.05) is 36.8 Å². The molecule has 1 N–H and O–H groups in total. The molecule has 1 aromatic heterocycles. The van der Waals surface area contributed by atoms with Crippen molar-refractivity contribution in [3.63, 3.8) is 0 Å². The van der Waals surface area contributed by atoms with Crippen LogP contribution in [0.5, 0.6) is 0 Å². The number of pyridine rings is 1. The Morgan fingerprint density at radius 1 is 1.17 bits per heavy atom. The first-order valence-electron chi connectivity index (χ1n) is 7.83. The van der Waals surface area contributed by atoms with Gasteiger partial charge in [0.2, 0.25) is 5.91 Å². The summed E-state index contributed by atoms with van der Waals surface area (Å²) in [6.07, 6.45) is 4.88. The molecule has 0 bridgehead atoms. The molecule has 0 saturated heterocycles. The summed E-state index contributed by atoms with van der Waals surface area (Å²) in [6.45, 7) is 0.669. The highest BCUT2D eigenvalue weighted by molar-refractivity contribution is 7.99. The van der Waals surface area contributed by atoms with Crippen LogP contribution in [0.4, 0.5) is 0 Å². The molecular formula is C18H20N2O2S. The number of carbonyl (C=O) groups excluding carboxylic acids is 1. The van der Waals surface area contributed by atoms with Crippen molar-refractivity contribution in [2.24, 2.45) is 0 Å². The number of aromatic nitrogens is 1. The standard InChI is InChI=1S/C18H20N2O2S/c21-16(13-23-17-9-4-5-12-20(17)22)19-14-18(10-6-11-18)15-7-2-1-3-8-15/h1-5,7-9,12H,6,10-11,13-14H2,(H,19,21). The van der Waals surface area contributed by atoms with Gasteiger partial charge in [0, 0.05) is 24.1 Å². The zero-order valence-electron chi connectivity index (χ0n) is 12.9. The van der Waals surface area contributed by atoms with E-state index in [9.17, 15) is 10.0 Å². The molecule has 1 amide bonds. The van der Waals surface area contributed by atoms with Crippen molar-refractivity contribution >= 4 is 17.7 Å². The maximum absolute atomic E-state index is 12.1.